The van der Waals surface area contributed by atoms with E-state index in [1.54, 1.807) is 13.2 Å². The number of morpholine rings is 1. The minimum Gasteiger partial charge on any atom is -0.497 e. The normalized spacial score (nSPS) is 17.4. The molecule has 0 aromatic heterocycles. The second kappa shape index (κ2) is 9.76. The summed E-state index contributed by atoms with van der Waals surface area (Å²) >= 11 is 0. The van der Waals surface area contributed by atoms with Crippen molar-refractivity contribution in [3.63, 3.8) is 0 Å². The molecule has 2 aromatic rings. The molecule has 0 unspecified atom stereocenters. The molecule has 4 rings (SSSR count). The second-order valence-corrected chi connectivity index (χ2v) is 7.54. The van der Waals surface area contributed by atoms with E-state index in [0.29, 0.717) is 29.3 Å². The van der Waals surface area contributed by atoms with Crippen molar-refractivity contribution in [3.05, 3.63) is 65.9 Å². The Labute approximate surface area is 182 Å². The molecule has 2 heterocycles. The molecule has 0 aliphatic carbocycles. The maximum Gasteiger partial charge on any atom is 0.278 e. The van der Waals surface area contributed by atoms with Crippen molar-refractivity contribution in [2.24, 2.45) is 0 Å². The Morgan fingerprint density at radius 2 is 1.74 bits per heavy atom. The summed E-state index contributed by atoms with van der Waals surface area (Å²) in [4.78, 5) is 30.2. The Kier molecular flexibility index (Phi) is 6.64. The number of nitrogens with zero attached hydrogens (tertiary/aromatic N) is 2. The molecule has 0 radical (unpaired) electrons. The first-order valence-electron chi connectivity index (χ1n) is 10.5. The highest BCUT2D eigenvalue weighted by molar-refractivity contribution is 6.36. The van der Waals surface area contributed by atoms with E-state index < -0.39 is 0 Å². The number of carbonyl (C=O) groups is 2. The maximum absolute atomic E-state index is 13.3. The SMILES string of the molecule is COc1cccc(NC2=C(c3ccccc3)C(=O)N(CCCN3CCOCC3)C2=O)c1. The van der Waals surface area contributed by atoms with E-state index in [-0.39, 0.29) is 11.8 Å². The molecule has 7 nitrogen and oxygen atoms in total. The summed E-state index contributed by atoms with van der Waals surface area (Å²) in [5, 5.41) is 3.17. The topological polar surface area (TPSA) is 71.1 Å². The zero-order chi connectivity index (χ0) is 21.6. The van der Waals surface area contributed by atoms with Crippen molar-refractivity contribution >= 4 is 23.1 Å². The quantitative estimate of drug-likeness (QED) is 0.661. The fourth-order valence-corrected chi connectivity index (χ4v) is 3.89. The smallest absolute Gasteiger partial charge is 0.278 e. The van der Waals surface area contributed by atoms with Crippen LogP contribution < -0.4 is 10.1 Å². The van der Waals surface area contributed by atoms with E-state index >= 15 is 0 Å². The number of ether oxygens (including phenoxy) is 2. The van der Waals surface area contributed by atoms with E-state index in [2.05, 4.69) is 10.2 Å². The number of amides is 2. The Bertz CT molecular complexity index is 968. The van der Waals surface area contributed by atoms with Crippen molar-refractivity contribution in [3.8, 4) is 5.75 Å². The van der Waals surface area contributed by atoms with E-state index in [1.807, 2.05) is 48.5 Å². The zero-order valence-electron chi connectivity index (χ0n) is 17.7. The molecule has 1 saturated heterocycles. The van der Waals surface area contributed by atoms with Crippen LogP contribution in [0.5, 0.6) is 5.75 Å². The number of nitrogens with one attached hydrogen (secondary N) is 1. The molecule has 0 atom stereocenters. The highest BCUT2D eigenvalue weighted by Crippen LogP contribution is 2.31. The highest BCUT2D eigenvalue weighted by atomic mass is 16.5. The molecular formula is C24H27N3O4. The van der Waals surface area contributed by atoms with Crippen molar-refractivity contribution in [2.75, 3.05) is 51.8 Å². The molecule has 1 N–H and O–H groups in total. The van der Waals surface area contributed by atoms with Crippen LogP contribution in [0, 0.1) is 0 Å². The molecule has 2 aliphatic rings. The molecule has 1 fully saturated rings. The van der Waals surface area contributed by atoms with E-state index in [9.17, 15) is 9.59 Å². The van der Waals surface area contributed by atoms with Crippen LogP contribution in [0.3, 0.4) is 0 Å². The van der Waals surface area contributed by atoms with Crippen molar-refractivity contribution in [1.29, 1.82) is 0 Å². The number of benzene rings is 2. The summed E-state index contributed by atoms with van der Waals surface area (Å²) in [6, 6.07) is 16.6. The van der Waals surface area contributed by atoms with Gasteiger partial charge in [-0.1, -0.05) is 36.4 Å². The second-order valence-electron chi connectivity index (χ2n) is 7.54. The van der Waals surface area contributed by atoms with Crippen molar-refractivity contribution in [1.82, 2.24) is 9.80 Å². The number of anilines is 1. The lowest BCUT2D eigenvalue weighted by molar-refractivity contribution is -0.136. The average molecular weight is 421 g/mol. The fourth-order valence-electron chi connectivity index (χ4n) is 3.89. The lowest BCUT2D eigenvalue weighted by atomic mass is 10.0. The predicted molar refractivity (Wildman–Crippen MR) is 119 cm³/mol. The van der Waals surface area contributed by atoms with Crippen LogP contribution in [0.2, 0.25) is 0 Å². The number of imide groups is 1. The largest absolute Gasteiger partial charge is 0.497 e. The Hall–Kier alpha value is -3.16. The molecule has 31 heavy (non-hydrogen) atoms. The number of hydrogen-bond acceptors (Lipinski definition) is 6. The van der Waals surface area contributed by atoms with Gasteiger partial charge in [0.25, 0.3) is 11.8 Å². The summed E-state index contributed by atoms with van der Waals surface area (Å²) in [5.41, 5.74) is 2.12. The monoisotopic (exact) mass is 421 g/mol. The molecule has 0 spiro atoms. The van der Waals surface area contributed by atoms with Gasteiger partial charge in [0.15, 0.2) is 0 Å². The van der Waals surface area contributed by atoms with Gasteiger partial charge in [0.05, 0.1) is 25.9 Å². The first-order chi connectivity index (χ1) is 15.2. The number of hydrogen-bond donors (Lipinski definition) is 1. The first kappa shape index (κ1) is 21.1. The minimum absolute atomic E-state index is 0.261. The molecule has 2 aliphatic heterocycles. The van der Waals surface area contributed by atoms with Crippen LogP contribution in [0.1, 0.15) is 12.0 Å². The van der Waals surface area contributed by atoms with Gasteiger partial charge < -0.3 is 14.8 Å². The van der Waals surface area contributed by atoms with Gasteiger partial charge in [-0.3, -0.25) is 19.4 Å². The third-order valence-corrected chi connectivity index (χ3v) is 5.53. The minimum atomic E-state index is -0.298. The van der Waals surface area contributed by atoms with Crippen molar-refractivity contribution in [2.45, 2.75) is 6.42 Å². The summed E-state index contributed by atoms with van der Waals surface area (Å²) in [7, 11) is 1.59. The van der Waals surface area contributed by atoms with Crippen LogP contribution in [0.25, 0.3) is 5.57 Å². The number of methoxy groups -OCH3 is 1. The van der Waals surface area contributed by atoms with Crippen LogP contribution in [-0.2, 0) is 14.3 Å². The maximum atomic E-state index is 13.3. The van der Waals surface area contributed by atoms with Gasteiger partial charge in [-0.25, -0.2) is 0 Å². The predicted octanol–water partition coefficient (Wildman–Crippen LogP) is 2.61. The van der Waals surface area contributed by atoms with Crippen LogP contribution in [0.4, 0.5) is 5.69 Å². The van der Waals surface area contributed by atoms with Gasteiger partial charge in [-0.2, -0.15) is 0 Å². The lowest BCUT2D eigenvalue weighted by Crippen LogP contribution is -2.39. The standard InChI is InChI=1S/C24H27N3O4/c1-30-20-10-5-9-19(17-20)25-22-21(18-7-3-2-4-8-18)23(28)27(24(22)29)12-6-11-26-13-15-31-16-14-26/h2-5,7-10,17,25H,6,11-16H2,1H3. The van der Waals surface area contributed by atoms with E-state index in [0.717, 1.165) is 44.8 Å². The third-order valence-electron chi connectivity index (χ3n) is 5.53. The van der Waals surface area contributed by atoms with Gasteiger partial charge in [-0.15, -0.1) is 0 Å². The molecular weight excluding hydrogens is 394 g/mol. The van der Waals surface area contributed by atoms with E-state index in [4.69, 9.17) is 9.47 Å². The first-order valence-corrected chi connectivity index (χ1v) is 10.5. The zero-order valence-corrected chi connectivity index (χ0v) is 17.7. The highest BCUT2D eigenvalue weighted by Gasteiger charge is 2.38. The molecule has 2 amide bonds. The summed E-state index contributed by atoms with van der Waals surface area (Å²) < 4.78 is 10.7. The van der Waals surface area contributed by atoms with Gasteiger partial charge in [0.1, 0.15) is 11.4 Å². The molecule has 162 valence electrons. The van der Waals surface area contributed by atoms with Gasteiger partial charge >= 0.3 is 0 Å². The van der Waals surface area contributed by atoms with Gasteiger partial charge in [0.2, 0.25) is 0 Å². The van der Waals surface area contributed by atoms with Crippen molar-refractivity contribution < 1.29 is 19.1 Å². The Morgan fingerprint density at radius 1 is 0.968 bits per heavy atom. The van der Waals surface area contributed by atoms with Gasteiger partial charge in [-0.05, 0) is 24.1 Å². The van der Waals surface area contributed by atoms with Gasteiger partial charge in [0, 0.05) is 37.9 Å². The molecule has 0 saturated carbocycles. The molecule has 2 aromatic carbocycles. The molecule has 7 heteroatoms. The molecule has 0 bridgehead atoms. The summed E-state index contributed by atoms with van der Waals surface area (Å²) in [6.45, 7) is 4.45. The van der Waals surface area contributed by atoms with E-state index in [1.165, 1.54) is 4.90 Å². The van der Waals surface area contributed by atoms with Crippen LogP contribution >= 0.6 is 0 Å². The summed E-state index contributed by atoms with van der Waals surface area (Å²) in [6.07, 6.45) is 0.728. The number of carbonyl (C=O) groups excluding carboxylic acids is 2. The Morgan fingerprint density at radius 3 is 2.48 bits per heavy atom. The Balaban J connectivity index is 1.55. The van der Waals surface area contributed by atoms with Crippen LogP contribution in [0.15, 0.2) is 60.3 Å². The summed E-state index contributed by atoms with van der Waals surface area (Å²) in [5.74, 6) is 0.114. The van der Waals surface area contributed by atoms with Crippen LogP contribution in [-0.4, -0.2) is 68.1 Å². The number of rotatable bonds is 8. The average Bonchev–Trinajstić information content (AvgIpc) is 3.04. The lowest BCUT2D eigenvalue weighted by Gasteiger charge is -2.27. The third kappa shape index (κ3) is 4.78. The fraction of sp³-hybridized carbons (Fsp3) is 0.333.